The third-order valence-electron chi connectivity index (χ3n) is 3.18. The summed E-state index contributed by atoms with van der Waals surface area (Å²) in [5.41, 5.74) is 0. The zero-order valence-corrected chi connectivity index (χ0v) is 10.6. The van der Waals surface area contributed by atoms with E-state index in [-0.39, 0.29) is 0 Å². The first-order valence-electron chi connectivity index (χ1n) is 6.45. The zero-order chi connectivity index (χ0) is 10.8. The van der Waals surface area contributed by atoms with Gasteiger partial charge in [0.1, 0.15) is 0 Å². The molecule has 0 aromatic carbocycles. The highest BCUT2D eigenvalue weighted by atomic mass is 14.9. The molecule has 0 heterocycles. The predicted molar refractivity (Wildman–Crippen MR) is 65.7 cm³/mol. The van der Waals surface area contributed by atoms with E-state index in [0.717, 1.165) is 12.0 Å². The number of nitrogens with one attached hydrogen (secondary N) is 1. The zero-order valence-electron chi connectivity index (χ0n) is 10.6. The van der Waals surface area contributed by atoms with Crippen LogP contribution in [0.25, 0.3) is 0 Å². The molecule has 86 valence electrons. The molecule has 0 aromatic rings. The van der Waals surface area contributed by atoms with Gasteiger partial charge < -0.3 is 5.32 Å². The monoisotopic (exact) mass is 199 g/mol. The second-order valence-corrected chi connectivity index (χ2v) is 4.43. The highest BCUT2D eigenvalue weighted by Crippen LogP contribution is 2.21. The summed E-state index contributed by atoms with van der Waals surface area (Å²) in [5.74, 6) is 0.956. The Morgan fingerprint density at radius 3 is 2.14 bits per heavy atom. The van der Waals surface area contributed by atoms with Crippen LogP contribution in [-0.2, 0) is 0 Å². The number of hydrogen-bond donors (Lipinski definition) is 1. The fraction of sp³-hybridized carbons (Fsp3) is 1.00. The van der Waals surface area contributed by atoms with Gasteiger partial charge in [-0.25, -0.2) is 0 Å². The lowest BCUT2D eigenvalue weighted by Crippen LogP contribution is -2.27. The fourth-order valence-corrected chi connectivity index (χ4v) is 2.17. The normalized spacial score (nSPS) is 15.4. The summed E-state index contributed by atoms with van der Waals surface area (Å²) in [6, 6.07) is 0.739. The minimum Gasteiger partial charge on any atom is -0.317 e. The van der Waals surface area contributed by atoms with Crippen molar-refractivity contribution in [1.82, 2.24) is 5.32 Å². The quantitative estimate of drug-likeness (QED) is 0.592. The molecule has 0 bridgehead atoms. The van der Waals surface area contributed by atoms with Gasteiger partial charge in [0.15, 0.2) is 0 Å². The number of hydrogen-bond acceptors (Lipinski definition) is 1. The lowest BCUT2D eigenvalue weighted by atomic mass is 9.90. The standard InChI is InChI=1S/C13H29N/c1-5-8-10-12(9-6-2)11-13(7-3)14-4/h12-14H,5-11H2,1-4H3. The molecular weight excluding hydrogens is 170 g/mol. The van der Waals surface area contributed by atoms with Crippen LogP contribution in [-0.4, -0.2) is 13.1 Å². The Labute approximate surface area is 90.7 Å². The van der Waals surface area contributed by atoms with Gasteiger partial charge in [0.25, 0.3) is 0 Å². The van der Waals surface area contributed by atoms with Gasteiger partial charge in [-0.05, 0) is 25.8 Å². The van der Waals surface area contributed by atoms with Gasteiger partial charge in [-0.2, -0.15) is 0 Å². The Hall–Kier alpha value is -0.0400. The van der Waals surface area contributed by atoms with Crippen LogP contribution < -0.4 is 5.32 Å². The SMILES string of the molecule is CCCCC(CCC)CC(CC)NC. The highest BCUT2D eigenvalue weighted by Gasteiger charge is 2.12. The average Bonchev–Trinajstić information content (AvgIpc) is 2.22. The van der Waals surface area contributed by atoms with Crippen LogP contribution in [0.5, 0.6) is 0 Å². The summed E-state index contributed by atoms with van der Waals surface area (Å²) >= 11 is 0. The summed E-state index contributed by atoms with van der Waals surface area (Å²) in [7, 11) is 2.09. The molecule has 2 unspecified atom stereocenters. The first kappa shape index (κ1) is 14.0. The molecule has 14 heavy (non-hydrogen) atoms. The summed E-state index contributed by atoms with van der Waals surface area (Å²) in [4.78, 5) is 0. The number of unbranched alkanes of at least 4 members (excludes halogenated alkanes) is 1. The van der Waals surface area contributed by atoms with Gasteiger partial charge in [0.2, 0.25) is 0 Å². The van der Waals surface area contributed by atoms with Crippen LogP contribution in [0.15, 0.2) is 0 Å². The van der Waals surface area contributed by atoms with Crippen LogP contribution in [0, 0.1) is 5.92 Å². The van der Waals surface area contributed by atoms with Crippen LogP contribution in [0.2, 0.25) is 0 Å². The molecule has 0 aliphatic carbocycles. The van der Waals surface area contributed by atoms with Crippen molar-refractivity contribution in [3.05, 3.63) is 0 Å². The maximum Gasteiger partial charge on any atom is 0.00640 e. The summed E-state index contributed by atoms with van der Waals surface area (Å²) in [6.07, 6.45) is 9.58. The number of rotatable bonds is 9. The third kappa shape index (κ3) is 6.42. The summed E-state index contributed by atoms with van der Waals surface area (Å²) in [6.45, 7) is 6.88. The van der Waals surface area contributed by atoms with E-state index in [2.05, 4.69) is 33.1 Å². The van der Waals surface area contributed by atoms with Gasteiger partial charge in [0, 0.05) is 6.04 Å². The van der Waals surface area contributed by atoms with Gasteiger partial charge in [0.05, 0.1) is 0 Å². The molecule has 0 fully saturated rings. The topological polar surface area (TPSA) is 12.0 Å². The molecule has 0 rings (SSSR count). The van der Waals surface area contributed by atoms with Crippen LogP contribution in [0.3, 0.4) is 0 Å². The smallest absolute Gasteiger partial charge is 0.00640 e. The Bertz CT molecular complexity index is 108. The van der Waals surface area contributed by atoms with Crippen molar-refractivity contribution in [2.45, 2.75) is 71.8 Å². The van der Waals surface area contributed by atoms with Crippen molar-refractivity contribution in [2.75, 3.05) is 7.05 Å². The van der Waals surface area contributed by atoms with Crippen LogP contribution >= 0.6 is 0 Å². The molecule has 0 aliphatic heterocycles. The minimum atomic E-state index is 0.739. The second kappa shape index (κ2) is 9.51. The van der Waals surface area contributed by atoms with E-state index in [9.17, 15) is 0 Å². The van der Waals surface area contributed by atoms with Crippen LogP contribution in [0.1, 0.15) is 65.7 Å². The van der Waals surface area contributed by atoms with E-state index in [1.54, 1.807) is 0 Å². The second-order valence-electron chi connectivity index (χ2n) is 4.43. The van der Waals surface area contributed by atoms with Crippen molar-refractivity contribution < 1.29 is 0 Å². The Kier molecular flexibility index (Phi) is 9.49. The first-order chi connectivity index (χ1) is 6.78. The van der Waals surface area contributed by atoms with Gasteiger partial charge in [-0.15, -0.1) is 0 Å². The molecule has 0 aliphatic rings. The Balaban J connectivity index is 3.80. The van der Waals surface area contributed by atoms with E-state index < -0.39 is 0 Å². The fourth-order valence-electron chi connectivity index (χ4n) is 2.17. The predicted octanol–water partition coefficient (Wildman–Crippen LogP) is 3.98. The largest absolute Gasteiger partial charge is 0.317 e. The molecule has 1 N–H and O–H groups in total. The van der Waals surface area contributed by atoms with E-state index in [4.69, 9.17) is 0 Å². The van der Waals surface area contributed by atoms with Crippen molar-refractivity contribution in [2.24, 2.45) is 5.92 Å². The maximum atomic E-state index is 3.42. The van der Waals surface area contributed by atoms with E-state index >= 15 is 0 Å². The lowest BCUT2D eigenvalue weighted by molar-refractivity contribution is 0.342. The first-order valence-corrected chi connectivity index (χ1v) is 6.45. The average molecular weight is 199 g/mol. The minimum absolute atomic E-state index is 0.739. The Morgan fingerprint density at radius 2 is 1.71 bits per heavy atom. The van der Waals surface area contributed by atoms with Gasteiger partial charge in [-0.3, -0.25) is 0 Å². The molecule has 0 amide bonds. The Morgan fingerprint density at radius 1 is 1.00 bits per heavy atom. The van der Waals surface area contributed by atoms with Crippen LogP contribution in [0.4, 0.5) is 0 Å². The molecule has 0 aromatic heterocycles. The lowest BCUT2D eigenvalue weighted by Gasteiger charge is -2.22. The molecule has 1 nitrogen and oxygen atoms in total. The van der Waals surface area contributed by atoms with Gasteiger partial charge in [-0.1, -0.05) is 52.9 Å². The summed E-state index contributed by atoms with van der Waals surface area (Å²) < 4.78 is 0. The van der Waals surface area contributed by atoms with E-state index in [1.807, 2.05) is 0 Å². The van der Waals surface area contributed by atoms with E-state index in [1.165, 1.54) is 44.9 Å². The highest BCUT2D eigenvalue weighted by molar-refractivity contribution is 4.69. The maximum absolute atomic E-state index is 3.42. The molecular formula is C13H29N. The van der Waals surface area contributed by atoms with Crippen molar-refractivity contribution >= 4 is 0 Å². The van der Waals surface area contributed by atoms with Crippen molar-refractivity contribution in [3.63, 3.8) is 0 Å². The molecule has 0 spiro atoms. The molecule has 0 saturated carbocycles. The third-order valence-corrected chi connectivity index (χ3v) is 3.18. The van der Waals surface area contributed by atoms with E-state index in [0.29, 0.717) is 0 Å². The molecule has 2 atom stereocenters. The van der Waals surface area contributed by atoms with Gasteiger partial charge >= 0.3 is 0 Å². The molecule has 1 heteroatoms. The van der Waals surface area contributed by atoms with Crippen molar-refractivity contribution in [3.8, 4) is 0 Å². The summed E-state index contributed by atoms with van der Waals surface area (Å²) in [5, 5.41) is 3.42. The van der Waals surface area contributed by atoms with Crippen molar-refractivity contribution in [1.29, 1.82) is 0 Å². The molecule has 0 saturated heterocycles. The molecule has 0 radical (unpaired) electrons.